The third-order valence-electron chi connectivity index (χ3n) is 4.94. The van der Waals surface area contributed by atoms with E-state index in [4.69, 9.17) is 9.15 Å². The Morgan fingerprint density at radius 3 is 2.28 bits per heavy atom. The van der Waals surface area contributed by atoms with Gasteiger partial charge in [-0.1, -0.05) is 0 Å². The normalized spacial score (nSPS) is 24.7. The van der Waals surface area contributed by atoms with Crippen LogP contribution in [0.1, 0.15) is 11.7 Å². The number of ether oxygens (including phenoxy) is 1. The Balaban J connectivity index is 1.97. The number of fused-ring (bicyclic) bond motifs is 1. The smallest absolute Gasteiger partial charge is 0.197 e. The molecule has 0 bridgehead atoms. The molecule has 2 heterocycles. The average Bonchev–Trinajstić information content (AvgIpc) is 2.67. The van der Waals surface area contributed by atoms with E-state index in [2.05, 4.69) is 0 Å². The van der Waals surface area contributed by atoms with E-state index in [9.17, 15) is 35.4 Å². The van der Waals surface area contributed by atoms with E-state index in [-0.39, 0.29) is 34.6 Å². The second kappa shape index (κ2) is 7.05. The Labute approximate surface area is 163 Å². The number of benzene rings is 2. The van der Waals surface area contributed by atoms with Crippen molar-refractivity contribution < 1.29 is 39.8 Å². The third kappa shape index (κ3) is 3.19. The molecule has 2 aromatic carbocycles. The van der Waals surface area contributed by atoms with Gasteiger partial charge >= 0.3 is 0 Å². The molecule has 1 aromatic heterocycles. The van der Waals surface area contributed by atoms with Gasteiger partial charge in [0.15, 0.2) is 11.0 Å². The maximum atomic E-state index is 12.7. The quantitative estimate of drug-likeness (QED) is 0.363. The Bertz CT molecular complexity index is 1120. The Morgan fingerprint density at radius 1 is 0.897 bits per heavy atom. The van der Waals surface area contributed by atoms with Crippen LogP contribution in [0.3, 0.4) is 0 Å². The monoisotopic (exact) mass is 402 g/mol. The number of phenolic OH excluding ortho intramolecular Hbond substituents is 3. The molecule has 0 saturated carbocycles. The van der Waals surface area contributed by atoms with Crippen LogP contribution in [0, 0.1) is 0 Å². The molecule has 0 radical (unpaired) electrons. The zero-order valence-corrected chi connectivity index (χ0v) is 14.9. The minimum Gasteiger partial charge on any atom is -0.508 e. The summed E-state index contributed by atoms with van der Waals surface area (Å²) in [6, 6.07) is 7.87. The number of rotatable bonds is 2. The van der Waals surface area contributed by atoms with E-state index < -0.39 is 41.3 Å². The highest BCUT2D eigenvalue weighted by molar-refractivity contribution is 5.89. The molecular formula is C20H18O9. The summed E-state index contributed by atoms with van der Waals surface area (Å²) in [6.07, 6.45) is -5.83. The molecule has 1 fully saturated rings. The highest BCUT2D eigenvalue weighted by Gasteiger charge is 2.41. The zero-order valence-electron chi connectivity index (χ0n) is 14.9. The van der Waals surface area contributed by atoms with Crippen molar-refractivity contribution in [2.75, 3.05) is 6.61 Å². The van der Waals surface area contributed by atoms with Gasteiger partial charge in [0.05, 0.1) is 12.2 Å². The van der Waals surface area contributed by atoms with Crippen molar-refractivity contribution in [3.05, 3.63) is 52.2 Å². The van der Waals surface area contributed by atoms with Gasteiger partial charge < -0.3 is 39.8 Å². The molecule has 152 valence electrons. The molecule has 0 unspecified atom stereocenters. The standard InChI is InChI=1S/C20H18O9/c21-9-3-1-8(2-4-9)14-6-12(24)15-10(22)5-11(23)16(19(15)29-14)20-18(27)17(26)13(25)7-28-20/h1-6,13,17-18,20-23,25-27H,7H2/t13-,17-,18-,20+/m0/s1. The lowest BCUT2D eigenvalue weighted by molar-refractivity contribution is -0.189. The van der Waals surface area contributed by atoms with E-state index in [1.807, 2.05) is 0 Å². The van der Waals surface area contributed by atoms with Crippen LogP contribution in [-0.4, -0.2) is 55.6 Å². The summed E-state index contributed by atoms with van der Waals surface area (Å²) in [5.41, 5.74) is -0.546. The number of hydrogen-bond donors (Lipinski definition) is 6. The fourth-order valence-corrected chi connectivity index (χ4v) is 3.42. The van der Waals surface area contributed by atoms with Crippen LogP contribution in [0.15, 0.2) is 45.6 Å². The van der Waals surface area contributed by atoms with Crippen molar-refractivity contribution in [2.24, 2.45) is 0 Å². The minimum atomic E-state index is -1.62. The summed E-state index contributed by atoms with van der Waals surface area (Å²) in [4.78, 5) is 12.7. The molecule has 3 aromatic rings. The zero-order chi connectivity index (χ0) is 20.9. The van der Waals surface area contributed by atoms with Crippen molar-refractivity contribution in [3.8, 4) is 28.6 Å². The molecule has 0 aliphatic carbocycles. The van der Waals surface area contributed by atoms with Gasteiger partial charge in [-0.15, -0.1) is 0 Å². The first-order valence-electron chi connectivity index (χ1n) is 8.76. The Morgan fingerprint density at radius 2 is 1.59 bits per heavy atom. The summed E-state index contributed by atoms with van der Waals surface area (Å²) < 4.78 is 11.2. The van der Waals surface area contributed by atoms with Gasteiger partial charge in [-0.3, -0.25) is 4.79 Å². The molecule has 1 aliphatic heterocycles. The maximum Gasteiger partial charge on any atom is 0.197 e. The van der Waals surface area contributed by atoms with E-state index >= 15 is 0 Å². The van der Waals surface area contributed by atoms with Crippen molar-refractivity contribution in [3.63, 3.8) is 0 Å². The Hall–Kier alpha value is -3.11. The van der Waals surface area contributed by atoms with Crippen LogP contribution in [-0.2, 0) is 4.74 Å². The van der Waals surface area contributed by atoms with Gasteiger partial charge in [0.2, 0.25) is 0 Å². The van der Waals surface area contributed by atoms with Crippen LogP contribution in [0.5, 0.6) is 17.2 Å². The minimum absolute atomic E-state index is 0.0131. The summed E-state index contributed by atoms with van der Waals surface area (Å²) in [5, 5.41) is 59.8. The van der Waals surface area contributed by atoms with Gasteiger partial charge in [0, 0.05) is 17.7 Å². The second-order valence-corrected chi connectivity index (χ2v) is 6.86. The van der Waals surface area contributed by atoms with Crippen molar-refractivity contribution in [2.45, 2.75) is 24.4 Å². The van der Waals surface area contributed by atoms with E-state index in [0.717, 1.165) is 12.1 Å². The largest absolute Gasteiger partial charge is 0.508 e. The highest BCUT2D eigenvalue weighted by Crippen LogP contribution is 2.42. The molecule has 0 spiro atoms. The average molecular weight is 402 g/mol. The number of aromatic hydroxyl groups is 3. The molecule has 9 heteroatoms. The van der Waals surface area contributed by atoms with Gasteiger partial charge in [-0.2, -0.15) is 0 Å². The summed E-state index contributed by atoms with van der Waals surface area (Å²) >= 11 is 0. The predicted molar refractivity (Wildman–Crippen MR) is 99.6 cm³/mol. The number of aliphatic hydroxyl groups excluding tert-OH is 3. The van der Waals surface area contributed by atoms with Gasteiger partial charge in [-0.05, 0) is 24.3 Å². The first kappa shape index (κ1) is 19.2. The number of hydrogen-bond acceptors (Lipinski definition) is 9. The fourth-order valence-electron chi connectivity index (χ4n) is 3.42. The van der Waals surface area contributed by atoms with E-state index in [0.29, 0.717) is 5.56 Å². The molecule has 6 N–H and O–H groups in total. The second-order valence-electron chi connectivity index (χ2n) is 6.86. The first-order valence-corrected chi connectivity index (χ1v) is 8.76. The Kier molecular flexibility index (Phi) is 4.67. The lowest BCUT2D eigenvalue weighted by Crippen LogP contribution is -2.49. The summed E-state index contributed by atoms with van der Waals surface area (Å²) in [6.45, 7) is -0.327. The number of aliphatic hydroxyl groups is 3. The summed E-state index contributed by atoms with van der Waals surface area (Å²) in [7, 11) is 0. The van der Waals surface area contributed by atoms with Gasteiger partial charge in [0.25, 0.3) is 0 Å². The van der Waals surface area contributed by atoms with E-state index in [1.54, 1.807) is 0 Å². The fraction of sp³-hybridized carbons (Fsp3) is 0.250. The predicted octanol–water partition coefficient (Wildman–Crippen LogP) is 0.731. The lowest BCUT2D eigenvalue weighted by atomic mass is 9.92. The molecular weight excluding hydrogens is 384 g/mol. The molecule has 1 saturated heterocycles. The van der Waals surface area contributed by atoms with Gasteiger partial charge in [0.1, 0.15) is 52.8 Å². The van der Waals surface area contributed by atoms with Crippen molar-refractivity contribution >= 4 is 11.0 Å². The topological polar surface area (TPSA) is 161 Å². The molecule has 4 atom stereocenters. The van der Waals surface area contributed by atoms with E-state index in [1.165, 1.54) is 24.3 Å². The highest BCUT2D eigenvalue weighted by atomic mass is 16.5. The third-order valence-corrected chi connectivity index (χ3v) is 4.94. The van der Waals surface area contributed by atoms with Crippen LogP contribution in [0.2, 0.25) is 0 Å². The van der Waals surface area contributed by atoms with Crippen LogP contribution in [0.4, 0.5) is 0 Å². The first-order chi connectivity index (χ1) is 13.8. The number of phenols is 3. The lowest BCUT2D eigenvalue weighted by Gasteiger charge is -2.35. The van der Waals surface area contributed by atoms with Crippen LogP contribution >= 0.6 is 0 Å². The molecule has 4 rings (SSSR count). The van der Waals surface area contributed by atoms with Gasteiger partial charge in [-0.25, -0.2) is 0 Å². The van der Waals surface area contributed by atoms with Crippen LogP contribution < -0.4 is 5.43 Å². The SMILES string of the molecule is O=c1cc(-c2ccc(O)cc2)oc2c([C@H]3OC[C@H](O)[C@H](O)[C@@H]3O)c(O)cc(O)c12. The molecule has 0 amide bonds. The molecule has 9 nitrogen and oxygen atoms in total. The molecule has 1 aliphatic rings. The summed E-state index contributed by atoms with van der Waals surface area (Å²) in [5.74, 6) is -0.953. The van der Waals surface area contributed by atoms with Crippen molar-refractivity contribution in [1.82, 2.24) is 0 Å². The van der Waals surface area contributed by atoms with Crippen molar-refractivity contribution in [1.29, 1.82) is 0 Å². The maximum absolute atomic E-state index is 12.7. The van der Waals surface area contributed by atoms with Crippen LogP contribution in [0.25, 0.3) is 22.3 Å². The molecule has 29 heavy (non-hydrogen) atoms.